The molecule has 6 nitrogen and oxygen atoms in total. The second-order valence-electron chi connectivity index (χ2n) is 5.73. The predicted molar refractivity (Wildman–Crippen MR) is 105 cm³/mol. The van der Waals surface area contributed by atoms with E-state index in [4.69, 9.17) is 27.7 Å². The van der Waals surface area contributed by atoms with E-state index in [-0.39, 0.29) is 17.6 Å². The van der Waals surface area contributed by atoms with E-state index in [1.165, 1.54) is 11.8 Å². The fraction of sp³-hybridized carbons (Fsp3) is 0.353. The van der Waals surface area contributed by atoms with Crippen LogP contribution in [0.2, 0.25) is 10.0 Å². The SMILES string of the molecule is Cc1cc(NC(=O)C(C)SCC(=O)N(C)Cc2cccc(Cl)c2Cl)no1. The summed E-state index contributed by atoms with van der Waals surface area (Å²) in [7, 11) is 1.68. The van der Waals surface area contributed by atoms with Crippen molar-refractivity contribution in [1.82, 2.24) is 10.1 Å². The molecule has 1 aromatic carbocycles. The number of amides is 2. The van der Waals surface area contributed by atoms with Gasteiger partial charge in [0, 0.05) is 19.7 Å². The molecule has 0 radical (unpaired) electrons. The molecule has 2 amide bonds. The van der Waals surface area contributed by atoms with Crippen LogP contribution in [0, 0.1) is 6.92 Å². The van der Waals surface area contributed by atoms with E-state index in [1.54, 1.807) is 44.0 Å². The Morgan fingerprint density at radius 1 is 1.38 bits per heavy atom. The van der Waals surface area contributed by atoms with Crippen LogP contribution in [0.25, 0.3) is 0 Å². The van der Waals surface area contributed by atoms with Crippen molar-refractivity contribution in [1.29, 1.82) is 0 Å². The maximum Gasteiger partial charge on any atom is 0.238 e. The number of halogens is 2. The summed E-state index contributed by atoms with van der Waals surface area (Å²) in [5, 5.41) is 6.83. The Balaban J connectivity index is 1.82. The fourth-order valence-electron chi connectivity index (χ4n) is 2.05. The molecule has 2 rings (SSSR count). The monoisotopic (exact) mass is 415 g/mol. The fourth-order valence-corrected chi connectivity index (χ4v) is 3.25. The molecule has 26 heavy (non-hydrogen) atoms. The Morgan fingerprint density at radius 2 is 2.12 bits per heavy atom. The lowest BCUT2D eigenvalue weighted by molar-refractivity contribution is -0.127. The average Bonchev–Trinajstić information content (AvgIpc) is 3.01. The van der Waals surface area contributed by atoms with Crippen molar-refractivity contribution in [3.05, 3.63) is 45.6 Å². The van der Waals surface area contributed by atoms with Gasteiger partial charge < -0.3 is 14.7 Å². The Morgan fingerprint density at radius 3 is 2.77 bits per heavy atom. The number of aromatic nitrogens is 1. The zero-order valence-electron chi connectivity index (χ0n) is 14.6. The lowest BCUT2D eigenvalue weighted by atomic mass is 10.2. The van der Waals surface area contributed by atoms with E-state index in [2.05, 4.69) is 10.5 Å². The van der Waals surface area contributed by atoms with Crippen LogP contribution >= 0.6 is 35.0 Å². The number of hydrogen-bond acceptors (Lipinski definition) is 5. The Labute approximate surface area is 166 Å². The minimum atomic E-state index is -0.417. The Kier molecular flexibility index (Phi) is 7.37. The van der Waals surface area contributed by atoms with Gasteiger partial charge in [0.1, 0.15) is 5.76 Å². The second kappa shape index (κ2) is 9.30. The van der Waals surface area contributed by atoms with Crippen LogP contribution < -0.4 is 5.32 Å². The summed E-state index contributed by atoms with van der Waals surface area (Å²) in [5.41, 5.74) is 0.771. The molecule has 1 heterocycles. The van der Waals surface area contributed by atoms with E-state index < -0.39 is 5.25 Å². The number of carbonyl (C=O) groups excluding carboxylic acids is 2. The Hall–Kier alpha value is -1.70. The highest BCUT2D eigenvalue weighted by Gasteiger charge is 2.19. The maximum atomic E-state index is 12.3. The molecule has 0 aliphatic rings. The molecular weight excluding hydrogens is 397 g/mol. The summed E-state index contributed by atoms with van der Waals surface area (Å²) in [6, 6.07) is 6.93. The first-order chi connectivity index (χ1) is 12.3. The van der Waals surface area contributed by atoms with Crippen LogP contribution in [0.15, 0.2) is 28.8 Å². The number of thioether (sulfide) groups is 1. The smallest absolute Gasteiger partial charge is 0.238 e. The van der Waals surface area contributed by atoms with Crippen molar-refractivity contribution in [2.24, 2.45) is 0 Å². The molecule has 9 heteroatoms. The van der Waals surface area contributed by atoms with Crippen LogP contribution in [0.1, 0.15) is 18.2 Å². The molecular formula is C17H19Cl2N3O3S. The highest BCUT2D eigenvalue weighted by Crippen LogP contribution is 2.26. The molecule has 0 saturated carbocycles. The first-order valence-electron chi connectivity index (χ1n) is 7.80. The minimum Gasteiger partial charge on any atom is -0.360 e. The number of benzene rings is 1. The molecule has 0 fully saturated rings. The van der Waals surface area contributed by atoms with Crippen molar-refractivity contribution in [3.8, 4) is 0 Å². The lowest BCUT2D eigenvalue weighted by Gasteiger charge is -2.19. The van der Waals surface area contributed by atoms with Crippen LogP contribution in [0.3, 0.4) is 0 Å². The summed E-state index contributed by atoms with van der Waals surface area (Å²) < 4.78 is 4.90. The molecule has 140 valence electrons. The number of nitrogens with zero attached hydrogens (tertiary/aromatic N) is 2. The standard InChI is InChI=1S/C17H19Cl2N3O3S/c1-10-7-14(21-25-10)20-17(24)11(2)26-9-15(23)22(3)8-12-5-4-6-13(18)16(12)19/h4-7,11H,8-9H2,1-3H3,(H,20,21,24). The molecule has 0 saturated heterocycles. The van der Waals surface area contributed by atoms with E-state index in [9.17, 15) is 9.59 Å². The highest BCUT2D eigenvalue weighted by atomic mass is 35.5. The molecule has 1 atom stereocenters. The summed E-state index contributed by atoms with van der Waals surface area (Å²) in [6.45, 7) is 3.81. The van der Waals surface area contributed by atoms with Crippen molar-refractivity contribution in [3.63, 3.8) is 0 Å². The molecule has 1 unspecified atom stereocenters. The van der Waals surface area contributed by atoms with Crippen molar-refractivity contribution in [2.45, 2.75) is 25.6 Å². The normalized spacial score (nSPS) is 11.9. The molecule has 1 aromatic heterocycles. The van der Waals surface area contributed by atoms with Crippen molar-refractivity contribution >= 4 is 52.6 Å². The Bertz CT molecular complexity index is 797. The number of carbonyl (C=O) groups is 2. The van der Waals surface area contributed by atoms with Crippen LogP contribution in [-0.2, 0) is 16.1 Å². The quantitative estimate of drug-likeness (QED) is 0.738. The number of rotatable bonds is 7. The van der Waals surface area contributed by atoms with Crippen molar-refractivity contribution < 1.29 is 14.1 Å². The summed E-state index contributed by atoms with van der Waals surface area (Å²) in [5.74, 6) is 0.789. The topological polar surface area (TPSA) is 75.4 Å². The average molecular weight is 416 g/mol. The van der Waals surface area contributed by atoms with Gasteiger partial charge in [0.25, 0.3) is 0 Å². The molecule has 0 aliphatic carbocycles. The molecule has 2 aromatic rings. The number of hydrogen-bond donors (Lipinski definition) is 1. The summed E-state index contributed by atoms with van der Waals surface area (Å²) in [6.07, 6.45) is 0. The van der Waals surface area contributed by atoms with Crippen molar-refractivity contribution in [2.75, 3.05) is 18.1 Å². The van der Waals surface area contributed by atoms with Gasteiger partial charge in [-0.2, -0.15) is 0 Å². The van der Waals surface area contributed by atoms with Crippen LogP contribution in [0.4, 0.5) is 5.82 Å². The minimum absolute atomic E-state index is 0.108. The van der Waals surface area contributed by atoms with Crippen LogP contribution in [0.5, 0.6) is 0 Å². The number of aryl methyl sites for hydroxylation is 1. The largest absolute Gasteiger partial charge is 0.360 e. The second-order valence-corrected chi connectivity index (χ2v) is 7.84. The first-order valence-corrected chi connectivity index (χ1v) is 9.61. The molecule has 0 bridgehead atoms. The molecule has 0 spiro atoms. The summed E-state index contributed by atoms with van der Waals surface area (Å²) >= 11 is 13.4. The van der Waals surface area contributed by atoms with E-state index in [0.29, 0.717) is 28.2 Å². The van der Waals surface area contributed by atoms with Gasteiger partial charge in [-0.25, -0.2) is 0 Å². The lowest BCUT2D eigenvalue weighted by Crippen LogP contribution is -2.30. The maximum absolute atomic E-state index is 12.3. The van der Waals surface area contributed by atoms with Gasteiger partial charge in [0.15, 0.2) is 5.82 Å². The van der Waals surface area contributed by atoms with Gasteiger partial charge in [-0.3, -0.25) is 9.59 Å². The number of anilines is 1. The molecule has 1 N–H and O–H groups in total. The highest BCUT2D eigenvalue weighted by molar-refractivity contribution is 8.01. The zero-order chi connectivity index (χ0) is 19.3. The third-order valence-electron chi connectivity index (χ3n) is 3.57. The third kappa shape index (κ3) is 5.65. The predicted octanol–water partition coefficient (Wildman–Crippen LogP) is 4.01. The van der Waals surface area contributed by atoms with Gasteiger partial charge in [-0.05, 0) is 25.5 Å². The van der Waals surface area contributed by atoms with Crippen LogP contribution in [-0.4, -0.2) is 39.9 Å². The summed E-state index contributed by atoms with van der Waals surface area (Å²) in [4.78, 5) is 26.0. The van der Waals surface area contributed by atoms with E-state index in [0.717, 1.165) is 5.56 Å². The van der Waals surface area contributed by atoms with Gasteiger partial charge in [-0.1, -0.05) is 40.5 Å². The van der Waals surface area contributed by atoms with E-state index >= 15 is 0 Å². The number of nitrogens with one attached hydrogen (secondary N) is 1. The first kappa shape index (κ1) is 20.6. The zero-order valence-corrected chi connectivity index (χ0v) is 16.9. The van der Waals surface area contributed by atoms with Gasteiger partial charge in [0.2, 0.25) is 11.8 Å². The third-order valence-corrected chi connectivity index (χ3v) is 5.56. The van der Waals surface area contributed by atoms with Gasteiger partial charge >= 0.3 is 0 Å². The molecule has 0 aliphatic heterocycles. The van der Waals surface area contributed by atoms with Gasteiger partial charge in [0.05, 0.1) is 21.0 Å². The van der Waals surface area contributed by atoms with Gasteiger partial charge in [-0.15, -0.1) is 11.8 Å². The van der Waals surface area contributed by atoms with E-state index in [1.807, 2.05) is 6.07 Å².